The number of ether oxygens (including phenoxy) is 1. The Balaban J connectivity index is 1.63. The molecule has 3 aromatic rings. The zero-order chi connectivity index (χ0) is 33.9. The highest BCUT2D eigenvalue weighted by atomic mass is 19.4. The van der Waals surface area contributed by atoms with E-state index in [0.29, 0.717) is 29.6 Å². The van der Waals surface area contributed by atoms with Crippen molar-refractivity contribution in [2.45, 2.75) is 91.3 Å². The molecule has 2 heterocycles. The van der Waals surface area contributed by atoms with Gasteiger partial charge < -0.3 is 9.64 Å². The van der Waals surface area contributed by atoms with E-state index in [1.54, 1.807) is 19.3 Å². The third kappa shape index (κ3) is 5.73. The van der Waals surface area contributed by atoms with Crippen molar-refractivity contribution < 1.29 is 22.5 Å². The van der Waals surface area contributed by atoms with E-state index in [1.165, 1.54) is 12.1 Å². The molecule has 3 aromatic carbocycles. The van der Waals surface area contributed by atoms with Crippen molar-refractivity contribution in [2.75, 3.05) is 25.1 Å². The molecule has 1 atom stereocenters. The molecule has 1 unspecified atom stereocenters. The van der Waals surface area contributed by atoms with Crippen LogP contribution in [0.4, 0.5) is 24.5 Å². The first-order chi connectivity index (χ1) is 21.4. The van der Waals surface area contributed by atoms with Crippen molar-refractivity contribution in [2.24, 2.45) is 11.8 Å². The van der Waals surface area contributed by atoms with Crippen LogP contribution in [0, 0.1) is 11.8 Å². The first-order valence-electron chi connectivity index (χ1n) is 16.2. The van der Waals surface area contributed by atoms with Crippen LogP contribution in [-0.4, -0.2) is 36.5 Å². The summed E-state index contributed by atoms with van der Waals surface area (Å²) in [6, 6.07) is 9.41. The van der Waals surface area contributed by atoms with Crippen molar-refractivity contribution >= 4 is 29.2 Å². The first kappa shape index (κ1) is 33.7. The summed E-state index contributed by atoms with van der Waals surface area (Å²) < 4.78 is 48.8. The van der Waals surface area contributed by atoms with E-state index in [4.69, 9.17) is 4.74 Å². The number of halogens is 3. The minimum atomic E-state index is -4.47. The Bertz CT molecular complexity index is 1860. The lowest BCUT2D eigenvalue weighted by Gasteiger charge is -2.33. The second kappa shape index (κ2) is 11.8. The van der Waals surface area contributed by atoms with Gasteiger partial charge in [0.15, 0.2) is 5.71 Å². The van der Waals surface area contributed by atoms with Crippen LogP contribution >= 0.6 is 0 Å². The van der Waals surface area contributed by atoms with Crippen LogP contribution in [0.5, 0.6) is 5.75 Å². The third-order valence-corrected chi connectivity index (χ3v) is 9.96. The predicted octanol–water partition coefficient (Wildman–Crippen LogP) is 6.21. The van der Waals surface area contributed by atoms with Gasteiger partial charge in [-0.15, -0.1) is 0 Å². The predicted molar refractivity (Wildman–Crippen MR) is 180 cm³/mol. The molecule has 0 saturated heterocycles. The number of nitrogens with zero attached hydrogens (tertiary/aromatic N) is 2. The number of hydrogen-bond donors (Lipinski definition) is 0. The SMILES string of the molecule is COc1ccc2c(c1)C(C)(C)C(C=c1c(=O)c(=CC3N(CCC(C)C)c4ccc(C(F)(F)F)cc4C3(C)C)c1=O)=[N+]2CCC(C)C. The molecule has 0 aromatic heterocycles. The van der Waals surface area contributed by atoms with Crippen molar-refractivity contribution in [3.05, 3.63) is 84.0 Å². The Kier molecular flexibility index (Phi) is 8.67. The lowest BCUT2D eigenvalue weighted by molar-refractivity contribution is -0.438. The molecule has 5 rings (SSSR count). The fraction of sp³-hybridized carbons (Fsp3) is 0.500. The standard InChI is InChI=1S/C38H46F3N2O3/c1-22(2)14-16-42-30-12-10-24(38(39,40)41)18-28(30)36(5,6)32(42)20-26-34(44)27(35(26)45)21-33-37(7,8)29-19-25(46-9)11-13-31(29)43(33)17-15-23(3)4/h10-13,18-23,32H,14-17H2,1-9H3/q+1. The van der Waals surface area contributed by atoms with Gasteiger partial charge in [-0.1, -0.05) is 41.5 Å². The van der Waals surface area contributed by atoms with Crippen LogP contribution in [0.1, 0.15) is 84.9 Å². The van der Waals surface area contributed by atoms with Crippen LogP contribution in [0.15, 0.2) is 46.0 Å². The van der Waals surface area contributed by atoms with Crippen LogP contribution < -0.4 is 30.9 Å². The summed E-state index contributed by atoms with van der Waals surface area (Å²) >= 11 is 0. The Morgan fingerprint density at radius 3 is 2.15 bits per heavy atom. The molecule has 46 heavy (non-hydrogen) atoms. The molecule has 0 fully saturated rings. The summed E-state index contributed by atoms with van der Waals surface area (Å²) in [5.74, 6) is 1.58. The third-order valence-electron chi connectivity index (χ3n) is 9.96. The highest BCUT2D eigenvalue weighted by molar-refractivity contribution is 6.15. The molecule has 2 aliphatic heterocycles. The van der Waals surface area contributed by atoms with Gasteiger partial charge in [-0.3, -0.25) is 9.59 Å². The highest BCUT2D eigenvalue weighted by Gasteiger charge is 2.47. The fourth-order valence-electron chi connectivity index (χ4n) is 7.01. The Morgan fingerprint density at radius 1 is 0.913 bits per heavy atom. The number of methoxy groups -OCH3 is 1. The maximum Gasteiger partial charge on any atom is 0.416 e. The van der Waals surface area contributed by atoms with Gasteiger partial charge in [-0.2, -0.15) is 17.7 Å². The molecule has 0 bridgehead atoms. The van der Waals surface area contributed by atoms with E-state index < -0.39 is 28.6 Å². The van der Waals surface area contributed by atoms with Crippen LogP contribution in [0.2, 0.25) is 0 Å². The second-order valence-electron chi connectivity index (χ2n) is 14.8. The topological polar surface area (TPSA) is 49.6 Å². The van der Waals surface area contributed by atoms with Crippen LogP contribution in [0.3, 0.4) is 0 Å². The quantitative estimate of drug-likeness (QED) is 0.263. The summed E-state index contributed by atoms with van der Waals surface area (Å²) in [7, 11) is 1.63. The van der Waals surface area contributed by atoms with E-state index >= 15 is 0 Å². The largest absolute Gasteiger partial charge is 0.497 e. The molecule has 0 saturated carbocycles. The molecule has 0 spiro atoms. The van der Waals surface area contributed by atoms with Crippen molar-refractivity contribution in [3.63, 3.8) is 0 Å². The van der Waals surface area contributed by atoms with Gasteiger partial charge in [-0.25, -0.2) is 0 Å². The maximum absolute atomic E-state index is 13.8. The summed E-state index contributed by atoms with van der Waals surface area (Å²) in [6.07, 6.45) is 0.740. The van der Waals surface area contributed by atoms with E-state index in [2.05, 4.69) is 51.0 Å². The van der Waals surface area contributed by atoms with E-state index in [1.807, 2.05) is 32.0 Å². The van der Waals surface area contributed by atoms with Crippen LogP contribution in [0.25, 0.3) is 12.2 Å². The zero-order valence-corrected chi connectivity index (χ0v) is 28.4. The minimum absolute atomic E-state index is 0.104. The van der Waals surface area contributed by atoms with Gasteiger partial charge >= 0.3 is 6.18 Å². The number of anilines is 1. The Labute approximate surface area is 269 Å². The van der Waals surface area contributed by atoms with Gasteiger partial charge in [0.2, 0.25) is 16.5 Å². The average molecular weight is 636 g/mol. The average Bonchev–Trinajstić information content (AvgIpc) is 3.32. The molecule has 0 radical (unpaired) electrons. The molecular weight excluding hydrogens is 589 g/mol. The molecule has 8 heteroatoms. The summed E-state index contributed by atoms with van der Waals surface area (Å²) in [6.45, 7) is 17.8. The lowest BCUT2D eigenvalue weighted by Crippen LogP contribution is -2.66. The summed E-state index contributed by atoms with van der Waals surface area (Å²) in [5, 5.41) is 0.247. The minimum Gasteiger partial charge on any atom is -0.497 e. The molecule has 246 valence electrons. The normalized spacial score (nSPS) is 18.5. The van der Waals surface area contributed by atoms with Gasteiger partial charge in [0, 0.05) is 41.8 Å². The Morgan fingerprint density at radius 2 is 1.57 bits per heavy atom. The van der Waals surface area contributed by atoms with Crippen molar-refractivity contribution in [3.8, 4) is 5.75 Å². The summed E-state index contributed by atoms with van der Waals surface area (Å²) in [5.41, 5.74) is 1.69. The van der Waals surface area contributed by atoms with Gasteiger partial charge in [0.05, 0.1) is 34.6 Å². The zero-order valence-electron chi connectivity index (χ0n) is 28.4. The fourth-order valence-corrected chi connectivity index (χ4v) is 7.01. The smallest absolute Gasteiger partial charge is 0.416 e. The number of benzene rings is 2. The molecule has 0 N–H and O–H groups in total. The molecule has 2 aliphatic rings. The monoisotopic (exact) mass is 635 g/mol. The van der Waals surface area contributed by atoms with Crippen LogP contribution in [-0.2, 0) is 17.0 Å². The number of rotatable bonds is 9. The highest BCUT2D eigenvalue weighted by Crippen LogP contribution is 2.48. The Hall–Kier alpha value is -3.68. The number of alkyl halides is 3. The van der Waals surface area contributed by atoms with Gasteiger partial charge in [-0.05, 0) is 74.1 Å². The van der Waals surface area contributed by atoms with E-state index in [-0.39, 0.29) is 21.3 Å². The van der Waals surface area contributed by atoms with Gasteiger partial charge in [0.25, 0.3) is 0 Å². The van der Waals surface area contributed by atoms with E-state index in [9.17, 15) is 22.8 Å². The number of fused-ring (bicyclic) bond motifs is 2. The van der Waals surface area contributed by atoms with Crippen molar-refractivity contribution in [1.29, 1.82) is 0 Å². The molecule has 0 amide bonds. The van der Waals surface area contributed by atoms with Crippen molar-refractivity contribution in [1.82, 2.24) is 0 Å². The summed E-state index contributed by atoms with van der Waals surface area (Å²) in [4.78, 5) is 29.6. The van der Waals surface area contributed by atoms with E-state index in [0.717, 1.165) is 48.2 Å². The molecule has 5 nitrogen and oxygen atoms in total. The lowest BCUT2D eigenvalue weighted by atomic mass is 9.79. The molecular formula is C38H46F3N2O3+. The maximum atomic E-state index is 13.8. The number of hydrogen-bond acceptors (Lipinski definition) is 4. The second-order valence-corrected chi connectivity index (χ2v) is 14.8. The molecule has 0 aliphatic carbocycles. The first-order valence-corrected chi connectivity index (χ1v) is 16.2. The van der Waals surface area contributed by atoms with Gasteiger partial charge in [0.1, 0.15) is 12.3 Å².